The Labute approximate surface area is 135 Å². The van der Waals surface area contributed by atoms with Gasteiger partial charge < -0.3 is 4.74 Å². The van der Waals surface area contributed by atoms with E-state index >= 15 is 0 Å². The number of nitrogens with zero attached hydrogens (tertiary/aromatic N) is 1. The maximum atomic E-state index is 11.8. The van der Waals surface area contributed by atoms with Crippen LogP contribution in [0.1, 0.15) is 49.4 Å². The molecule has 0 saturated heterocycles. The molecule has 23 heavy (non-hydrogen) atoms. The second-order valence-electron chi connectivity index (χ2n) is 5.58. The third-order valence-electron chi connectivity index (χ3n) is 3.75. The maximum absolute atomic E-state index is 11.8. The maximum Gasteiger partial charge on any atom is 0.338 e. The van der Waals surface area contributed by atoms with E-state index in [1.165, 1.54) is 6.21 Å². The van der Waals surface area contributed by atoms with E-state index in [0.717, 1.165) is 12.8 Å². The van der Waals surface area contributed by atoms with E-state index in [4.69, 9.17) is 4.74 Å². The number of carbonyl (C=O) groups is 3. The lowest BCUT2D eigenvalue weighted by Crippen LogP contribution is -2.29. The van der Waals surface area contributed by atoms with Crippen molar-refractivity contribution in [3.8, 4) is 0 Å². The molecule has 0 aliphatic heterocycles. The number of Topliss-reactive ketones (excluding diaryl/α,β-unsaturated/α-hetero) is 2. The number of ether oxygens (including phenoxy) is 1. The average Bonchev–Trinajstić information content (AvgIpc) is 2.55. The summed E-state index contributed by atoms with van der Waals surface area (Å²) in [6.45, 7) is 2.45. The number of unbranched alkanes of at least 4 members (excludes halogenated alkanes) is 1. The molecule has 0 spiro atoms. The summed E-state index contributed by atoms with van der Waals surface area (Å²) in [6, 6.07) is 6.60. The number of rotatable bonds is 6. The molecule has 2 rings (SSSR count). The van der Waals surface area contributed by atoms with E-state index in [1.54, 1.807) is 24.3 Å². The van der Waals surface area contributed by atoms with Crippen molar-refractivity contribution in [3.63, 3.8) is 0 Å². The van der Waals surface area contributed by atoms with Gasteiger partial charge in [0.15, 0.2) is 0 Å². The fraction of sp³-hybridized carbons (Fsp3) is 0.444. The molecule has 1 aromatic rings. The topological polar surface area (TPSA) is 72.8 Å². The van der Waals surface area contributed by atoms with Crippen molar-refractivity contribution in [3.05, 3.63) is 29.8 Å². The highest BCUT2D eigenvalue weighted by molar-refractivity contribution is 6.16. The summed E-state index contributed by atoms with van der Waals surface area (Å²) in [6.07, 6.45) is 4.74. The summed E-state index contributed by atoms with van der Waals surface area (Å²) in [5.41, 5.74) is 1.06. The highest BCUT2D eigenvalue weighted by Crippen LogP contribution is 2.18. The Balaban J connectivity index is 1.96. The lowest BCUT2D eigenvalue weighted by atomic mass is 9.87. The van der Waals surface area contributed by atoms with Crippen LogP contribution >= 0.6 is 0 Å². The number of ketones is 2. The first-order valence-electron chi connectivity index (χ1n) is 7.98. The van der Waals surface area contributed by atoms with Crippen LogP contribution in [0.4, 0.5) is 5.69 Å². The molecular formula is C18H21NO4. The number of benzene rings is 1. The summed E-state index contributed by atoms with van der Waals surface area (Å²) < 4.78 is 5.12. The Morgan fingerprint density at radius 2 is 1.87 bits per heavy atom. The first-order chi connectivity index (χ1) is 11.1. The molecule has 0 aromatic heterocycles. The average molecular weight is 315 g/mol. The van der Waals surface area contributed by atoms with Gasteiger partial charge in [-0.05, 0) is 37.1 Å². The molecule has 1 aliphatic rings. The summed E-state index contributed by atoms with van der Waals surface area (Å²) >= 11 is 0. The molecule has 1 saturated carbocycles. The van der Waals surface area contributed by atoms with Crippen molar-refractivity contribution >= 4 is 29.4 Å². The highest BCUT2D eigenvalue weighted by atomic mass is 16.5. The summed E-state index contributed by atoms with van der Waals surface area (Å²) in [4.78, 5) is 39.4. The number of carbonyl (C=O) groups excluding carboxylic acids is 3. The van der Waals surface area contributed by atoms with Gasteiger partial charge in [0.05, 0.1) is 17.9 Å². The smallest absolute Gasteiger partial charge is 0.338 e. The van der Waals surface area contributed by atoms with Crippen molar-refractivity contribution in [2.24, 2.45) is 10.9 Å². The molecule has 1 fully saturated rings. The lowest BCUT2D eigenvalue weighted by molar-refractivity contribution is -0.132. The summed E-state index contributed by atoms with van der Waals surface area (Å²) in [5.74, 6) is -1.21. The van der Waals surface area contributed by atoms with Crippen LogP contribution in [-0.4, -0.2) is 30.4 Å². The van der Waals surface area contributed by atoms with Gasteiger partial charge in [0.1, 0.15) is 17.5 Å². The standard InChI is InChI=1S/C18H21NO4/c1-2-3-11-23-18(22)13-7-9-14(10-8-13)19-12-15-16(20)5-4-6-17(15)21/h7-10,12,15H,2-6,11H2,1H3. The molecule has 0 bridgehead atoms. The van der Waals surface area contributed by atoms with E-state index in [2.05, 4.69) is 4.99 Å². The van der Waals surface area contributed by atoms with E-state index in [1.807, 2.05) is 6.92 Å². The van der Waals surface area contributed by atoms with Crippen molar-refractivity contribution in [1.82, 2.24) is 0 Å². The molecule has 5 heteroatoms. The molecule has 0 heterocycles. The van der Waals surface area contributed by atoms with Crippen LogP contribution in [-0.2, 0) is 14.3 Å². The van der Waals surface area contributed by atoms with Crippen LogP contribution in [0.5, 0.6) is 0 Å². The quantitative estimate of drug-likeness (QED) is 0.349. The summed E-state index contributed by atoms with van der Waals surface area (Å²) in [7, 11) is 0. The van der Waals surface area contributed by atoms with Gasteiger partial charge in [0, 0.05) is 19.1 Å². The Bertz CT molecular complexity index is 588. The van der Waals surface area contributed by atoms with Gasteiger partial charge in [0.2, 0.25) is 0 Å². The predicted molar refractivity (Wildman–Crippen MR) is 87.1 cm³/mol. The van der Waals surface area contributed by atoms with Gasteiger partial charge >= 0.3 is 5.97 Å². The van der Waals surface area contributed by atoms with Gasteiger partial charge in [-0.25, -0.2) is 4.79 Å². The minimum Gasteiger partial charge on any atom is -0.462 e. The zero-order chi connectivity index (χ0) is 16.7. The zero-order valence-corrected chi connectivity index (χ0v) is 13.3. The Kier molecular flexibility index (Phi) is 6.20. The van der Waals surface area contributed by atoms with Gasteiger partial charge in [0.25, 0.3) is 0 Å². The van der Waals surface area contributed by atoms with Crippen LogP contribution in [0, 0.1) is 5.92 Å². The highest BCUT2D eigenvalue weighted by Gasteiger charge is 2.28. The fourth-order valence-electron chi connectivity index (χ4n) is 2.33. The SMILES string of the molecule is CCCCOC(=O)c1ccc(N=CC2C(=O)CCCC2=O)cc1. The van der Waals surface area contributed by atoms with Crippen molar-refractivity contribution in [2.45, 2.75) is 39.0 Å². The Hall–Kier alpha value is -2.30. The molecule has 5 nitrogen and oxygen atoms in total. The van der Waals surface area contributed by atoms with Gasteiger partial charge in [-0.15, -0.1) is 0 Å². The fourth-order valence-corrected chi connectivity index (χ4v) is 2.33. The first-order valence-corrected chi connectivity index (χ1v) is 7.98. The normalized spacial score (nSPS) is 16.0. The van der Waals surface area contributed by atoms with Gasteiger partial charge in [-0.1, -0.05) is 13.3 Å². The van der Waals surface area contributed by atoms with Gasteiger partial charge in [-0.2, -0.15) is 0 Å². The zero-order valence-electron chi connectivity index (χ0n) is 13.3. The van der Waals surface area contributed by atoms with E-state index in [0.29, 0.717) is 37.1 Å². The van der Waals surface area contributed by atoms with Crippen molar-refractivity contribution in [2.75, 3.05) is 6.61 Å². The monoisotopic (exact) mass is 315 g/mol. The van der Waals surface area contributed by atoms with Crippen molar-refractivity contribution in [1.29, 1.82) is 0 Å². The van der Waals surface area contributed by atoms with E-state index in [-0.39, 0.29) is 17.5 Å². The Morgan fingerprint density at radius 1 is 1.22 bits per heavy atom. The van der Waals surface area contributed by atoms with Gasteiger partial charge in [-0.3, -0.25) is 14.6 Å². The number of hydrogen-bond donors (Lipinski definition) is 0. The van der Waals surface area contributed by atoms with Crippen LogP contribution in [0.25, 0.3) is 0 Å². The summed E-state index contributed by atoms with van der Waals surface area (Å²) in [5, 5.41) is 0. The Morgan fingerprint density at radius 3 is 2.48 bits per heavy atom. The number of hydrogen-bond acceptors (Lipinski definition) is 5. The molecular weight excluding hydrogens is 294 g/mol. The molecule has 122 valence electrons. The molecule has 1 aliphatic carbocycles. The lowest BCUT2D eigenvalue weighted by Gasteiger charge is -2.14. The molecule has 0 radical (unpaired) electrons. The number of esters is 1. The van der Waals surface area contributed by atoms with Crippen molar-refractivity contribution < 1.29 is 19.1 Å². The largest absolute Gasteiger partial charge is 0.462 e. The first kappa shape index (κ1) is 17.1. The predicted octanol–water partition coefficient (Wildman–Crippen LogP) is 3.28. The minimum atomic E-state index is -0.720. The molecule has 0 N–H and O–H groups in total. The third-order valence-corrected chi connectivity index (χ3v) is 3.75. The van der Waals surface area contributed by atoms with Crippen LogP contribution in [0.15, 0.2) is 29.3 Å². The van der Waals surface area contributed by atoms with Crippen LogP contribution < -0.4 is 0 Å². The second kappa shape index (κ2) is 8.36. The molecule has 1 aromatic carbocycles. The third kappa shape index (κ3) is 4.84. The number of aliphatic imine (C=N–C) groups is 1. The second-order valence-corrected chi connectivity index (χ2v) is 5.58. The minimum absolute atomic E-state index is 0.0684. The molecule has 0 amide bonds. The van der Waals surface area contributed by atoms with Crippen LogP contribution in [0.2, 0.25) is 0 Å². The molecule has 0 unspecified atom stereocenters. The molecule has 0 atom stereocenters. The van der Waals surface area contributed by atoms with E-state index in [9.17, 15) is 14.4 Å². The van der Waals surface area contributed by atoms with Crippen LogP contribution in [0.3, 0.4) is 0 Å². The van der Waals surface area contributed by atoms with E-state index < -0.39 is 5.92 Å².